The van der Waals surface area contributed by atoms with E-state index in [0.29, 0.717) is 11.1 Å². The van der Waals surface area contributed by atoms with Gasteiger partial charge in [-0.2, -0.15) is 16.8 Å². The highest BCUT2D eigenvalue weighted by atomic mass is 32.2. The van der Waals surface area contributed by atoms with Crippen LogP contribution in [0.4, 0.5) is 0 Å². The van der Waals surface area contributed by atoms with Crippen LogP contribution in [0.5, 0.6) is 40.2 Å². The van der Waals surface area contributed by atoms with Gasteiger partial charge in [-0.25, -0.2) is 0 Å². The molecule has 15 heteroatoms. The van der Waals surface area contributed by atoms with Gasteiger partial charge in [-0.1, -0.05) is 36.4 Å². The highest BCUT2D eigenvalue weighted by Crippen LogP contribution is 2.55. The van der Waals surface area contributed by atoms with Crippen LogP contribution in [0.15, 0.2) is 66.7 Å². The Morgan fingerprint density at radius 2 is 1.22 bits per heavy atom. The zero-order valence-corrected chi connectivity index (χ0v) is 29.6. The van der Waals surface area contributed by atoms with Crippen molar-refractivity contribution < 1.29 is 58.7 Å². The largest absolute Gasteiger partial charge is 0.496 e. The van der Waals surface area contributed by atoms with E-state index >= 15 is 0 Å². The number of aliphatic hydroxyl groups is 1. The van der Waals surface area contributed by atoms with Gasteiger partial charge in [0.1, 0.15) is 30.0 Å². The molecule has 0 spiro atoms. The van der Waals surface area contributed by atoms with E-state index in [-0.39, 0.29) is 70.2 Å². The summed E-state index contributed by atoms with van der Waals surface area (Å²) in [7, 11) is -1.27. The predicted molar refractivity (Wildman–Crippen MR) is 182 cm³/mol. The molecule has 0 aromatic heterocycles. The van der Waals surface area contributed by atoms with Crippen molar-refractivity contribution in [1.82, 2.24) is 0 Å². The van der Waals surface area contributed by atoms with E-state index in [1.807, 2.05) is 30.3 Å². The van der Waals surface area contributed by atoms with Crippen LogP contribution < -0.4 is 32.1 Å². The van der Waals surface area contributed by atoms with E-state index in [4.69, 9.17) is 36.8 Å². The third-order valence-electron chi connectivity index (χ3n) is 7.08. The number of aliphatic hydroxyl groups excluding tert-OH is 1. The summed E-state index contributed by atoms with van der Waals surface area (Å²) in [5.74, 6) is 0.188. The van der Waals surface area contributed by atoms with Gasteiger partial charge in [-0.05, 0) is 47.0 Å². The number of hydrogen-bond acceptors (Lipinski definition) is 13. The van der Waals surface area contributed by atoms with Crippen LogP contribution in [0.25, 0.3) is 22.3 Å². The summed E-state index contributed by atoms with van der Waals surface area (Å²) in [5, 5.41) is 10.6. The Kier molecular flexibility index (Phi) is 11.9. The van der Waals surface area contributed by atoms with Crippen molar-refractivity contribution in [3.05, 3.63) is 77.9 Å². The Balaban J connectivity index is 2.01. The minimum atomic E-state index is -4.20. The maximum absolute atomic E-state index is 12.7. The second kappa shape index (κ2) is 15.7. The second-order valence-electron chi connectivity index (χ2n) is 10.6. The average Bonchev–Trinajstić information content (AvgIpc) is 3.05. The molecular formula is C34H38O13S2. The van der Waals surface area contributed by atoms with Gasteiger partial charge in [0.25, 0.3) is 0 Å². The second-order valence-corrected chi connectivity index (χ2v) is 13.8. The molecule has 0 aliphatic heterocycles. The molecule has 0 aliphatic rings. The molecule has 4 rings (SSSR count). The van der Waals surface area contributed by atoms with Gasteiger partial charge >= 0.3 is 20.2 Å². The molecule has 1 unspecified atom stereocenters. The Hall–Kier alpha value is -4.70. The normalized spacial score (nSPS) is 12.2. The Labute approximate surface area is 286 Å². The Bertz CT molecular complexity index is 1970. The van der Waals surface area contributed by atoms with E-state index in [0.717, 1.165) is 18.1 Å². The van der Waals surface area contributed by atoms with Gasteiger partial charge in [0.15, 0.2) is 23.0 Å². The molecule has 0 bridgehead atoms. The third-order valence-corrected chi connectivity index (χ3v) is 8.03. The molecule has 0 amide bonds. The van der Waals surface area contributed by atoms with Crippen LogP contribution in [-0.4, -0.2) is 76.6 Å². The lowest BCUT2D eigenvalue weighted by Gasteiger charge is -2.23. The zero-order valence-electron chi connectivity index (χ0n) is 28.0. The van der Waals surface area contributed by atoms with E-state index in [2.05, 4.69) is 0 Å². The van der Waals surface area contributed by atoms with Crippen molar-refractivity contribution in [3.8, 4) is 62.5 Å². The van der Waals surface area contributed by atoms with E-state index in [1.165, 1.54) is 47.7 Å². The van der Waals surface area contributed by atoms with Crippen LogP contribution in [-0.2, 0) is 31.6 Å². The number of methoxy groups -OCH3 is 5. The molecule has 4 aromatic rings. The van der Waals surface area contributed by atoms with Crippen LogP contribution in [0, 0.1) is 0 Å². The van der Waals surface area contributed by atoms with E-state index < -0.39 is 26.3 Å². The van der Waals surface area contributed by atoms with E-state index in [9.17, 15) is 21.9 Å². The van der Waals surface area contributed by atoms with Crippen molar-refractivity contribution in [2.45, 2.75) is 12.7 Å². The smallest absolute Gasteiger partial charge is 0.306 e. The standard InChI is InChI=1S/C34H38O13S2/c1-40-20-25(35)23-16-28(41-2)32(29(17-23)42-3)24-18-30(43-4)31(34(33(24)44-5)47-49(7,38)39)22-13-14-26(27(15-22)46-48(6,36)37)45-19-21-11-9-8-10-12-21/h8-18,25,35H,19-20H2,1-7H3. The molecule has 264 valence electrons. The molecule has 13 nitrogen and oxygen atoms in total. The fraction of sp³-hybridized carbons (Fsp3) is 0.294. The molecule has 0 saturated carbocycles. The van der Waals surface area contributed by atoms with Crippen molar-refractivity contribution in [2.75, 3.05) is 54.7 Å². The predicted octanol–water partition coefficient (Wildman–Crippen LogP) is 4.99. The molecule has 1 atom stereocenters. The zero-order chi connectivity index (χ0) is 35.9. The number of ether oxygens (including phenoxy) is 6. The number of rotatable bonds is 16. The topological polar surface area (TPSA) is 162 Å². The molecule has 0 aliphatic carbocycles. The van der Waals surface area contributed by atoms with Gasteiger partial charge in [-0.15, -0.1) is 0 Å². The summed E-state index contributed by atoms with van der Waals surface area (Å²) in [6, 6.07) is 18.4. The van der Waals surface area contributed by atoms with Gasteiger partial charge in [0, 0.05) is 12.7 Å². The molecule has 1 N–H and O–H groups in total. The van der Waals surface area contributed by atoms with Crippen LogP contribution in [0.2, 0.25) is 0 Å². The molecule has 0 fully saturated rings. The summed E-state index contributed by atoms with van der Waals surface area (Å²) in [5.41, 5.74) is 2.16. The van der Waals surface area contributed by atoms with Gasteiger partial charge in [0.2, 0.25) is 0 Å². The Morgan fingerprint density at radius 3 is 1.76 bits per heavy atom. The van der Waals surface area contributed by atoms with E-state index in [1.54, 1.807) is 24.3 Å². The fourth-order valence-electron chi connectivity index (χ4n) is 5.06. The molecule has 0 heterocycles. The van der Waals surface area contributed by atoms with Crippen molar-refractivity contribution in [1.29, 1.82) is 0 Å². The summed E-state index contributed by atoms with van der Waals surface area (Å²) >= 11 is 0. The SMILES string of the molecule is COCC(O)c1cc(OC)c(-c2cc(OC)c(-c3ccc(OCc4ccccc4)c(OS(C)(=O)=O)c3)c(OS(C)(=O)=O)c2OC)c(OC)c1. The molecule has 0 radical (unpaired) electrons. The average molecular weight is 719 g/mol. The summed E-state index contributed by atoms with van der Waals surface area (Å²) < 4.78 is 94.9. The van der Waals surface area contributed by atoms with Crippen molar-refractivity contribution in [2.24, 2.45) is 0 Å². The van der Waals surface area contributed by atoms with Crippen LogP contribution in [0.3, 0.4) is 0 Å². The van der Waals surface area contributed by atoms with Gasteiger partial charge in [-0.3, -0.25) is 0 Å². The lowest BCUT2D eigenvalue weighted by molar-refractivity contribution is 0.0641. The maximum atomic E-state index is 12.7. The first kappa shape index (κ1) is 37.1. The first-order chi connectivity index (χ1) is 23.2. The number of hydrogen-bond donors (Lipinski definition) is 1. The molecule has 4 aromatic carbocycles. The number of benzene rings is 4. The third kappa shape index (κ3) is 9.06. The highest BCUT2D eigenvalue weighted by Gasteiger charge is 2.30. The highest BCUT2D eigenvalue weighted by molar-refractivity contribution is 7.86. The van der Waals surface area contributed by atoms with Crippen molar-refractivity contribution in [3.63, 3.8) is 0 Å². The first-order valence-corrected chi connectivity index (χ1v) is 18.2. The first-order valence-electron chi connectivity index (χ1n) is 14.6. The van der Waals surface area contributed by atoms with Gasteiger partial charge in [0.05, 0.1) is 58.7 Å². The molecule has 0 saturated heterocycles. The Morgan fingerprint density at radius 1 is 0.633 bits per heavy atom. The summed E-state index contributed by atoms with van der Waals surface area (Å²) in [6.45, 7) is 0.116. The minimum absolute atomic E-state index is 0.00492. The maximum Gasteiger partial charge on any atom is 0.306 e. The summed E-state index contributed by atoms with van der Waals surface area (Å²) in [4.78, 5) is 0. The lowest BCUT2D eigenvalue weighted by Crippen LogP contribution is -2.10. The van der Waals surface area contributed by atoms with Gasteiger partial charge < -0.3 is 41.9 Å². The van der Waals surface area contributed by atoms with Crippen molar-refractivity contribution >= 4 is 20.2 Å². The quantitative estimate of drug-likeness (QED) is 0.154. The molecular weight excluding hydrogens is 680 g/mol. The van der Waals surface area contributed by atoms with Crippen LogP contribution in [0.1, 0.15) is 17.2 Å². The lowest BCUT2D eigenvalue weighted by atomic mass is 9.94. The monoisotopic (exact) mass is 718 g/mol. The summed E-state index contributed by atoms with van der Waals surface area (Å²) in [6.07, 6.45) is 0.742. The minimum Gasteiger partial charge on any atom is -0.496 e. The fourth-order valence-corrected chi connectivity index (χ4v) is 5.98. The molecule has 49 heavy (non-hydrogen) atoms. The van der Waals surface area contributed by atoms with Crippen LogP contribution >= 0.6 is 0 Å².